The molecule has 1 aromatic heterocycles. The lowest BCUT2D eigenvalue weighted by molar-refractivity contribution is 0.102. The van der Waals surface area contributed by atoms with E-state index in [1.54, 1.807) is 26.0 Å². The first-order valence-corrected chi connectivity index (χ1v) is 5.75. The molecule has 2 N–H and O–H groups in total. The van der Waals surface area contributed by atoms with Crippen LogP contribution >= 0.6 is 11.5 Å². The summed E-state index contributed by atoms with van der Waals surface area (Å²) in [7, 11) is 0. The molecule has 0 bridgehead atoms. The number of carbonyl (C=O) groups is 1. The number of aryl methyl sites for hydroxylation is 2. The fourth-order valence-corrected chi connectivity index (χ4v) is 1.84. The first-order chi connectivity index (χ1) is 8.06. The third-order valence-electron chi connectivity index (χ3n) is 2.22. The van der Waals surface area contributed by atoms with Gasteiger partial charge in [0.2, 0.25) is 5.13 Å². The summed E-state index contributed by atoms with van der Waals surface area (Å²) < 4.78 is 3.96. The maximum Gasteiger partial charge on any atom is 0.257 e. The Bertz CT molecular complexity index is 566. The van der Waals surface area contributed by atoms with Crippen LogP contribution in [0.4, 0.5) is 5.13 Å². The van der Waals surface area contributed by atoms with E-state index in [-0.39, 0.29) is 11.7 Å². The average molecular weight is 249 g/mol. The average Bonchev–Trinajstić information content (AvgIpc) is 2.68. The van der Waals surface area contributed by atoms with E-state index in [0.717, 1.165) is 17.1 Å². The topological polar surface area (TPSA) is 75.1 Å². The number of hydrogen-bond acceptors (Lipinski definition) is 5. The normalized spacial score (nSPS) is 10.2. The molecule has 0 atom stereocenters. The molecule has 0 radical (unpaired) electrons. The molecule has 2 rings (SSSR count). The number of nitrogens with one attached hydrogen (secondary N) is 1. The van der Waals surface area contributed by atoms with Gasteiger partial charge in [0.25, 0.3) is 5.91 Å². The third kappa shape index (κ3) is 2.59. The molecule has 0 spiro atoms. The molecule has 6 heteroatoms. The Balaban J connectivity index is 2.17. The molecule has 5 nitrogen and oxygen atoms in total. The number of carbonyl (C=O) groups excluding carboxylic acids is 1. The van der Waals surface area contributed by atoms with Gasteiger partial charge in [-0.2, -0.15) is 4.37 Å². The van der Waals surface area contributed by atoms with Crippen LogP contribution in [0.2, 0.25) is 0 Å². The largest absolute Gasteiger partial charge is 0.508 e. The van der Waals surface area contributed by atoms with Gasteiger partial charge in [-0.1, -0.05) is 6.07 Å². The van der Waals surface area contributed by atoms with Crippen LogP contribution < -0.4 is 5.32 Å². The van der Waals surface area contributed by atoms with Crippen molar-refractivity contribution in [3.8, 4) is 5.75 Å². The van der Waals surface area contributed by atoms with Crippen molar-refractivity contribution in [3.05, 3.63) is 35.2 Å². The highest BCUT2D eigenvalue weighted by Gasteiger charge is 2.10. The Morgan fingerprint density at radius 2 is 2.18 bits per heavy atom. The highest BCUT2D eigenvalue weighted by Crippen LogP contribution is 2.19. The number of aromatic nitrogens is 2. The Hall–Kier alpha value is -1.95. The molecule has 0 aliphatic rings. The van der Waals surface area contributed by atoms with Crippen LogP contribution in [0.15, 0.2) is 18.2 Å². The minimum Gasteiger partial charge on any atom is -0.508 e. The molecule has 0 aliphatic carbocycles. The van der Waals surface area contributed by atoms with Gasteiger partial charge in [-0.3, -0.25) is 10.1 Å². The zero-order chi connectivity index (χ0) is 12.4. The van der Waals surface area contributed by atoms with Gasteiger partial charge in [0, 0.05) is 17.1 Å². The minimum absolute atomic E-state index is 0.103. The van der Waals surface area contributed by atoms with Crippen molar-refractivity contribution >= 4 is 22.6 Å². The highest BCUT2D eigenvalue weighted by molar-refractivity contribution is 7.09. The zero-order valence-electron chi connectivity index (χ0n) is 9.39. The van der Waals surface area contributed by atoms with Gasteiger partial charge in [-0.05, 0) is 31.5 Å². The van der Waals surface area contributed by atoms with Crippen molar-refractivity contribution in [3.63, 3.8) is 0 Å². The number of amides is 1. The van der Waals surface area contributed by atoms with Crippen molar-refractivity contribution < 1.29 is 9.90 Å². The number of anilines is 1. The van der Waals surface area contributed by atoms with Gasteiger partial charge >= 0.3 is 0 Å². The molecule has 2 aromatic rings. The standard InChI is InChI=1S/C11H11N3O2S/c1-6-3-4-8(5-9(6)15)10(16)13-11-12-7(2)14-17-11/h3-5,15H,1-2H3,(H,12,13,14,16). The van der Waals surface area contributed by atoms with E-state index in [0.29, 0.717) is 16.5 Å². The first kappa shape index (κ1) is 11.5. The molecule has 0 unspecified atom stereocenters. The maximum absolute atomic E-state index is 11.8. The molecule has 0 aliphatic heterocycles. The molecule has 0 saturated carbocycles. The summed E-state index contributed by atoms with van der Waals surface area (Å²) in [5, 5.41) is 12.6. The van der Waals surface area contributed by atoms with E-state index >= 15 is 0 Å². The summed E-state index contributed by atoms with van der Waals surface area (Å²) in [5.41, 5.74) is 1.12. The molecule has 0 saturated heterocycles. The first-order valence-electron chi connectivity index (χ1n) is 4.97. The summed E-state index contributed by atoms with van der Waals surface area (Å²) in [4.78, 5) is 15.8. The Labute approximate surface area is 102 Å². The number of aromatic hydroxyl groups is 1. The van der Waals surface area contributed by atoms with E-state index in [9.17, 15) is 9.90 Å². The van der Waals surface area contributed by atoms with E-state index in [1.807, 2.05) is 0 Å². The van der Waals surface area contributed by atoms with Crippen molar-refractivity contribution in [2.24, 2.45) is 0 Å². The highest BCUT2D eigenvalue weighted by atomic mass is 32.1. The van der Waals surface area contributed by atoms with Crippen LogP contribution in [0.1, 0.15) is 21.7 Å². The van der Waals surface area contributed by atoms with Crippen LogP contribution in [0.5, 0.6) is 5.75 Å². The van der Waals surface area contributed by atoms with Gasteiger partial charge in [-0.25, -0.2) is 4.98 Å². The fraction of sp³-hybridized carbons (Fsp3) is 0.182. The number of phenols is 1. The Morgan fingerprint density at radius 3 is 2.76 bits per heavy atom. The molecule has 0 fully saturated rings. The minimum atomic E-state index is -0.309. The van der Waals surface area contributed by atoms with Crippen LogP contribution in [0.25, 0.3) is 0 Å². The molecule has 1 amide bonds. The molecule has 88 valence electrons. The van der Waals surface area contributed by atoms with Crippen LogP contribution in [0, 0.1) is 13.8 Å². The van der Waals surface area contributed by atoms with E-state index in [1.165, 1.54) is 6.07 Å². The lowest BCUT2D eigenvalue weighted by Gasteiger charge is -2.03. The number of benzene rings is 1. The maximum atomic E-state index is 11.8. The third-order valence-corrected chi connectivity index (χ3v) is 2.94. The summed E-state index contributed by atoms with van der Waals surface area (Å²) in [6, 6.07) is 4.77. The Kier molecular flexibility index (Phi) is 3.06. The smallest absolute Gasteiger partial charge is 0.257 e. The summed E-state index contributed by atoms with van der Waals surface area (Å²) >= 11 is 1.12. The molecule has 1 heterocycles. The predicted molar refractivity (Wildman–Crippen MR) is 65.4 cm³/mol. The SMILES string of the molecule is Cc1nsc(NC(=O)c2ccc(C)c(O)c2)n1. The number of phenolic OH excluding ortho intramolecular Hbond substituents is 1. The van der Waals surface area contributed by atoms with Crippen molar-refractivity contribution in [2.75, 3.05) is 5.32 Å². The quantitative estimate of drug-likeness (QED) is 0.854. The summed E-state index contributed by atoms with van der Waals surface area (Å²) in [6.07, 6.45) is 0. The number of nitrogens with zero attached hydrogens (tertiary/aromatic N) is 2. The van der Waals surface area contributed by atoms with E-state index in [4.69, 9.17) is 0 Å². The molecular weight excluding hydrogens is 238 g/mol. The molecular formula is C11H11N3O2S. The van der Waals surface area contributed by atoms with Gasteiger partial charge in [0.15, 0.2) is 0 Å². The van der Waals surface area contributed by atoms with Crippen molar-refractivity contribution in [1.82, 2.24) is 9.36 Å². The fourth-order valence-electron chi connectivity index (χ4n) is 1.27. The lowest BCUT2D eigenvalue weighted by atomic mass is 10.1. The lowest BCUT2D eigenvalue weighted by Crippen LogP contribution is -2.11. The van der Waals surface area contributed by atoms with Gasteiger partial charge in [0.05, 0.1) is 0 Å². The molecule has 17 heavy (non-hydrogen) atoms. The van der Waals surface area contributed by atoms with Crippen molar-refractivity contribution in [2.45, 2.75) is 13.8 Å². The van der Waals surface area contributed by atoms with Crippen LogP contribution in [-0.2, 0) is 0 Å². The van der Waals surface area contributed by atoms with E-state index in [2.05, 4.69) is 14.7 Å². The number of hydrogen-bond donors (Lipinski definition) is 2. The van der Waals surface area contributed by atoms with Gasteiger partial charge in [0.1, 0.15) is 11.6 Å². The Morgan fingerprint density at radius 1 is 1.41 bits per heavy atom. The van der Waals surface area contributed by atoms with Gasteiger partial charge in [-0.15, -0.1) is 0 Å². The van der Waals surface area contributed by atoms with Crippen LogP contribution in [0.3, 0.4) is 0 Å². The summed E-state index contributed by atoms with van der Waals surface area (Å²) in [5.74, 6) is 0.416. The second-order valence-electron chi connectivity index (χ2n) is 3.60. The monoisotopic (exact) mass is 249 g/mol. The predicted octanol–water partition coefficient (Wildman–Crippen LogP) is 2.11. The van der Waals surface area contributed by atoms with Crippen LogP contribution in [-0.4, -0.2) is 20.4 Å². The van der Waals surface area contributed by atoms with Crippen molar-refractivity contribution in [1.29, 1.82) is 0 Å². The summed E-state index contributed by atoms with van der Waals surface area (Å²) in [6.45, 7) is 3.52. The second kappa shape index (κ2) is 4.50. The van der Waals surface area contributed by atoms with Gasteiger partial charge < -0.3 is 5.11 Å². The second-order valence-corrected chi connectivity index (χ2v) is 4.35. The van der Waals surface area contributed by atoms with E-state index < -0.39 is 0 Å². The zero-order valence-corrected chi connectivity index (χ0v) is 10.2. The number of rotatable bonds is 2. The molecule has 1 aromatic carbocycles.